The highest BCUT2D eigenvalue weighted by Crippen LogP contribution is 2.43. The Kier molecular flexibility index (Phi) is 7.12. The van der Waals surface area contributed by atoms with Gasteiger partial charge in [-0.25, -0.2) is 13.2 Å². The van der Waals surface area contributed by atoms with Crippen molar-refractivity contribution in [3.63, 3.8) is 0 Å². The zero-order valence-electron chi connectivity index (χ0n) is 22.4. The second-order valence-electron chi connectivity index (χ2n) is 11.1. The lowest BCUT2D eigenvalue weighted by Crippen LogP contribution is -2.61. The van der Waals surface area contributed by atoms with Crippen LogP contribution in [0.5, 0.6) is 0 Å². The predicted molar refractivity (Wildman–Crippen MR) is 146 cm³/mol. The summed E-state index contributed by atoms with van der Waals surface area (Å²) in [5.41, 5.74) is 4.17. The molecule has 12 heteroatoms. The number of hydrogen-bond acceptors (Lipinski definition) is 7. The SMILES string of the molecule is CC(=O)N1CCC2(CC1)CN(c1cc(C)ccc1CN1CCN(C(=O)n3ccc(NS(C)(=O)=O)n3)CC1)C2. The Labute approximate surface area is 224 Å². The first-order chi connectivity index (χ1) is 18.0. The molecule has 1 spiro atoms. The van der Waals surface area contributed by atoms with Crippen LogP contribution in [0.3, 0.4) is 0 Å². The van der Waals surface area contributed by atoms with E-state index in [9.17, 15) is 18.0 Å². The Hall–Kier alpha value is -3.12. The van der Waals surface area contributed by atoms with Crippen molar-refractivity contribution in [3.8, 4) is 0 Å². The van der Waals surface area contributed by atoms with Crippen molar-refractivity contribution < 1.29 is 18.0 Å². The number of piperazine rings is 1. The van der Waals surface area contributed by atoms with Gasteiger partial charge in [0.25, 0.3) is 0 Å². The number of carbonyl (C=O) groups is 2. The van der Waals surface area contributed by atoms with E-state index in [2.05, 4.69) is 44.7 Å². The van der Waals surface area contributed by atoms with Crippen LogP contribution in [0.15, 0.2) is 30.5 Å². The van der Waals surface area contributed by atoms with Gasteiger partial charge in [-0.3, -0.25) is 14.4 Å². The molecule has 3 fully saturated rings. The van der Waals surface area contributed by atoms with E-state index >= 15 is 0 Å². The van der Waals surface area contributed by atoms with Crippen LogP contribution < -0.4 is 9.62 Å². The summed E-state index contributed by atoms with van der Waals surface area (Å²) in [4.78, 5) is 33.2. The lowest BCUT2D eigenvalue weighted by atomic mass is 9.71. The van der Waals surface area contributed by atoms with Crippen LogP contribution in [0.25, 0.3) is 0 Å². The van der Waals surface area contributed by atoms with Gasteiger partial charge in [0.1, 0.15) is 0 Å². The number of hydrogen-bond donors (Lipinski definition) is 1. The molecular formula is C26H37N7O4S. The standard InChI is InChI=1S/C26H37N7O4S/c1-20-4-5-22(23(16-20)32-18-26(19-32)7-10-30(11-8-26)21(2)34)17-29-12-14-31(15-13-29)25(35)33-9-6-24(27-33)28-38(3,36)37/h4-6,9,16H,7-8,10-15,17-19H2,1-3H3,(H,27,28). The summed E-state index contributed by atoms with van der Waals surface area (Å²) in [6.07, 6.45) is 4.67. The van der Waals surface area contributed by atoms with Gasteiger partial charge in [-0.05, 0) is 37.0 Å². The number of likely N-dealkylation sites (tertiary alicyclic amines) is 1. The smallest absolute Gasteiger partial charge is 0.344 e. The Morgan fingerprint density at radius 3 is 2.32 bits per heavy atom. The second kappa shape index (κ2) is 10.2. The van der Waals surface area contributed by atoms with Gasteiger partial charge in [0.2, 0.25) is 15.9 Å². The minimum Gasteiger partial charge on any atom is -0.370 e. The number of piperidine rings is 1. The Morgan fingerprint density at radius 1 is 1.00 bits per heavy atom. The summed E-state index contributed by atoms with van der Waals surface area (Å²) in [6.45, 7) is 11.1. The lowest BCUT2D eigenvalue weighted by Gasteiger charge is -2.55. The number of rotatable bonds is 5. The molecule has 3 saturated heterocycles. The van der Waals surface area contributed by atoms with Crippen molar-refractivity contribution in [3.05, 3.63) is 41.6 Å². The number of nitrogens with one attached hydrogen (secondary N) is 1. The van der Waals surface area contributed by atoms with Crippen molar-refractivity contribution in [1.82, 2.24) is 24.5 Å². The quantitative estimate of drug-likeness (QED) is 0.612. The van der Waals surface area contributed by atoms with E-state index in [0.717, 1.165) is 64.9 Å². The highest BCUT2D eigenvalue weighted by molar-refractivity contribution is 7.92. The molecule has 206 valence electrons. The summed E-state index contributed by atoms with van der Waals surface area (Å²) in [5, 5.41) is 4.06. The molecule has 0 bridgehead atoms. The molecule has 1 aromatic heterocycles. The summed E-state index contributed by atoms with van der Waals surface area (Å²) >= 11 is 0. The normalized spacial score (nSPS) is 19.9. The first kappa shape index (κ1) is 26.5. The van der Waals surface area contributed by atoms with Crippen molar-refractivity contribution >= 4 is 33.5 Å². The van der Waals surface area contributed by atoms with Crippen LogP contribution in [0.1, 0.15) is 30.9 Å². The van der Waals surface area contributed by atoms with Gasteiger partial charge in [-0.15, -0.1) is 5.10 Å². The average molecular weight is 544 g/mol. The summed E-state index contributed by atoms with van der Waals surface area (Å²) in [6, 6.07) is 7.89. The molecule has 0 unspecified atom stereocenters. The van der Waals surface area contributed by atoms with Crippen LogP contribution in [-0.4, -0.2) is 103 Å². The third-order valence-corrected chi connectivity index (χ3v) is 8.60. The molecule has 2 aromatic rings. The number of carbonyl (C=O) groups excluding carboxylic acids is 2. The fourth-order valence-electron chi connectivity index (χ4n) is 5.81. The number of nitrogens with zero attached hydrogens (tertiary/aromatic N) is 6. The van der Waals surface area contributed by atoms with Crippen LogP contribution in [0.2, 0.25) is 0 Å². The maximum absolute atomic E-state index is 12.9. The van der Waals surface area contributed by atoms with Gasteiger partial charge in [0, 0.05) is 89.2 Å². The van der Waals surface area contributed by atoms with Crippen molar-refractivity contribution in [2.45, 2.75) is 33.2 Å². The van der Waals surface area contributed by atoms with Crippen LogP contribution >= 0.6 is 0 Å². The third kappa shape index (κ3) is 5.80. The van der Waals surface area contributed by atoms with Gasteiger partial charge < -0.3 is 14.7 Å². The Bertz CT molecular complexity index is 1300. The topological polar surface area (TPSA) is 111 Å². The summed E-state index contributed by atoms with van der Waals surface area (Å²) in [5.74, 6) is 0.306. The van der Waals surface area contributed by atoms with E-state index in [0.29, 0.717) is 18.5 Å². The van der Waals surface area contributed by atoms with E-state index in [1.165, 1.54) is 33.8 Å². The van der Waals surface area contributed by atoms with E-state index in [1.807, 2.05) is 4.90 Å². The first-order valence-corrected chi connectivity index (χ1v) is 15.0. The van der Waals surface area contributed by atoms with Crippen molar-refractivity contribution in [2.24, 2.45) is 5.41 Å². The molecule has 3 aliphatic heterocycles. The molecular weight excluding hydrogens is 506 g/mol. The van der Waals surface area contributed by atoms with Crippen molar-refractivity contribution in [1.29, 1.82) is 0 Å². The number of aryl methyl sites for hydroxylation is 1. The number of amides is 2. The first-order valence-electron chi connectivity index (χ1n) is 13.2. The molecule has 0 atom stereocenters. The van der Waals surface area contributed by atoms with E-state index in [4.69, 9.17) is 0 Å². The van der Waals surface area contributed by atoms with Crippen molar-refractivity contribution in [2.75, 3.05) is 68.2 Å². The van der Waals surface area contributed by atoms with E-state index < -0.39 is 10.0 Å². The average Bonchev–Trinajstić information content (AvgIpc) is 3.30. The maximum Gasteiger partial charge on any atom is 0.344 e. The molecule has 4 heterocycles. The molecule has 5 rings (SSSR count). The number of benzene rings is 1. The third-order valence-electron chi connectivity index (χ3n) is 8.02. The van der Waals surface area contributed by atoms with Crippen LogP contribution in [0.4, 0.5) is 16.3 Å². The number of anilines is 2. The highest BCUT2D eigenvalue weighted by atomic mass is 32.2. The largest absolute Gasteiger partial charge is 0.370 e. The minimum atomic E-state index is -3.45. The number of sulfonamides is 1. The van der Waals surface area contributed by atoms with Crippen LogP contribution in [0, 0.1) is 12.3 Å². The highest BCUT2D eigenvalue weighted by Gasteiger charge is 2.45. The molecule has 38 heavy (non-hydrogen) atoms. The Morgan fingerprint density at radius 2 is 1.68 bits per heavy atom. The predicted octanol–water partition coefficient (Wildman–Crippen LogP) is 1.80. The van der Waals surface area contributed by atoms with E-state index in [1.54, 1.807) is 11.8 Å². The lowest BCUT2D eigenvalue weighted by molar-refractivity contribution is -0.131. The van der Waals surface area contributed by atoms with E-state index in [-0.39, 0.29) is 17.8 Å². The van der Waals surface area contributed by atoms with Gasteiger partial charge in [-0.1, -0.05) is 12.1 Å². The maximum atomic E-state index is 12.9. The molecule has 3 aliphatic rings. The van der Waals surface area contributed by atoms with Gasteiger partial charge in [0.05, 0.1) is 6.26 Å². The zero-order valence-corrected chi connectivity index (χ0v) is 23.2. The minimum absolute atomic E-state index is 0.128. The van der Waals surface area contributed by atoms with Crippen LogP contribution in [-0.2, 0) is 21.4 Å². The van der Waals surface area contributed by atoms with Gasteiger partial charge in [-0.2, -0.15) is 4.68 Å². The molecule has 1 aromatic carbocycles. The fourth-order valence-corrected chi connectivity index (χ4v) is 6.29. The summed E-state index contributed by atoms with van der Waals surface area (Å²) < 4.78 is 26.3. The molecule has 1 N–H and O–H groups in total. The molecule has 0 radical (unpaired) electrons. The zero-order chi connectivity index (χ0) is 27.1. The fraction of sp³-hybridized carbons (Fsp3) is 0.577. The molecule has 2 amide bonds. The summed E-state index contributed by atoms with van der Waals surface area (Å²) in [7, 11) is -3.45. The monoisotopic (exact) mass is 543 g/mol. The number of aromatic nitrogens is 2. The van der Waals surface area contributed by atoms with Gasteiger partial charge >= 0.3 is 6.03 Å². The molecule has 0 aliphatic carbocycles. The molecule has 0 saturated carbocycles. The van der Waals surface area contributed by atoms with Gasteiger partial charge in [0.15, 0.2) is 5.82 Å². The Balaban J connectivity index is 1.16. The second-order valence-corrected chi connectivity index (χ2v) is 12.8. The molecule has 11 nitrogen and oxygen atoms in total.